The van der Waals surface area contributed by atoms with Crippen LogP contribution in [-0.4, -0.2) is 21.8 Å². The summed E-state index contributed by atoms with van der Waals surface area (Å²) in [6, 6.07) is 17.8. The second kappa shape index (κ2) is 8.87. The van der Waals surface area contributed by atoms with E-state index in [1.807, 2.05) is 37.3 Å². The number of carbonyl (C=O) groups is 2. The van der Waals surface area contributed by atoms with Crippen molar-refractivity contribution in [1.82, 2.24) is 15.3 Å². The molecule has 6 rings (SSSR count). The molecule has 8 heteroatoms. The van der Waals surface area contributed by atoms with Crippen molar-refractivity contribution in [3.8, 4) is 11.1 Å². The number of carbonyl (C=O) groups excluding carboxylic acids is 2. The third-order valence-corrected chi connectivity index (χ3v) is 7.48. The number of amides is 2. The molecule has 180 valence electrons. The average Bonchev–Trinajstić information content (AvgIpc) is 3.52. The van der Waals surface area contributed by atoms with Crippen molar-refractivity contribution < 1.29 is 14.0 Å². The first-order valence-corrected chi connectivity index (χ1v) is 12.7. The first kappa shape index (κ1) is 22.4. The zero-order valence-electron chi connectivity index (χ0n) is 19.5. The fraction of sp³-hybridized carbons (Fsp3) is 0.179. The Bertz CT molecular complexity index is 1620. The average molecular weight is 499 g/mol. The molecule has 2 amide bonds. The number of nitrogens with zero attached hydrogens (tertiary/aromatic N) is 1. The van der Waals surface area contributed by atoms with Crippen molar-refractivity contribution in [2.45, 2.75) is 25.8 Å². The van der Waals surface area contributed by atoms with Gasteiger partial charge in [0, 0.05) is 23.0 Å². The van der Waals surface area contributed by atoms with E-state index < -0.39 is 0 Å². The third-order valence-electron chi connectivity index (χ3n) is 6.54. The monoisotopic (exact) mass is 498 g/mol. The fourth-order valence-corrected chi connectivity index (χ4v) is 5.22. The van der Waals surface area contributed by atoms with Crippen LogP contribution in [0, 0.1) is 11.7 Å². The normalized spacial score (nSPS) is 14.2. The summed E-state index contributed by atoms with van der Waals surface area (Å²) in [5.74, 6) is -0.334. The highest BCUT2D eigenvalue weighted by molar-refractivity contribution is 7.22. The molecule has 0 saturated heterocycles. The number of fused-ring (bicyclic) bond motifs is 2. The first-order valence-electron chi connectivity index (χ1n) is 11.8. The molecule has 2 aromatic heterocycles. The van der Waals surface area contributed by atoms with Gasteiger partial charge in [-0.2, -0.15) is 0 Å². The largest absolute Gasteiger partial charge is 0.360 e. The molecule has 0 bridgehead atoms. The molecule has 3 N–H and O–H groups in total. The Kier molecular flexibility index (Phi) is 5.53. The van der Waals surface area contributed by atoms with Crippen molar-refractivity contribution >= 4 is 49.4 Å². The summed E-state index contributed by atoms with van der Waals surface area (Å²) in [6.45, 7) is 1.87. The number of thiazole rings is 1. The maximum absolute atomic E-state index is 13.2. The van der Waals surface area contributed by atoms with Gasteiger partial charge in [0.15, 0.2) is 5.13 Å². The lowest BCUT2D eigenvalue weighted by molar-refractivity contribution is -0.117. The van der Waals surface area contributed by atoms with Crippen LogP contribution in [0.5, 0.6) is 0 Å². The van der Waals surface area contributed by atoms with Gasteiger partial charge in [0.1, 0.15) is 5.82 Å². The lowest BCUT2D eigenvalue weighted by Crippen LogP contribution is -2.26. The zero-order chi connectivity index (χ0) is 24.8. The zero-order valence-corrected chi connectivity index (χ0v) is 20.3. The molecule has 0 spiro atoms. The van der Waals surface area contributed by atoms with Gasteiger partial charge in [0.25, 0.3) is 5.91 Å². The summed E-state index contributed by atoms with van der Waals surface area (Å²) in [6.07, 6.45) is 3.61. The molecular formula is C28H23FN4O2S. The van der Waals surface area contributed by atoms with Gasteiger partial charge in [-0.05, 0) is 72.9 Å². The van der Waals surface area contributed by atoms with E-state index in [1.165, 1.54) is 23.5 Å². The molecule has 5 aromatic rings. The maximum atomic E-state index is 13.2. The van der Waals surface area contributed by atoms with Crippen molar-refractivity contribution in [3.63, 3.8) is 0 Å². The van der Waals surface area contributed by atoms with Crippen molar-refractivity contribution in [2.24, 2.45) is 5.92 Å². The van der Waals surface area contributed by atoms with Crippen LogP contribution < -0.4 is 10.6 Å². The van der Waals surface area contributed by atoms with Crippen molar-refractivity contribution in [2.75, 3.05) is 5.32 Å². The Labute approximate surface area is 210 Å². The Morgan fingerprint density at radius 1 is 1.06 bits per heavy atom. The predicted octanol–water partition coefficient (Wildman–Crippen LogP) is 6.42. The molecule has 1 saturated carbocycles. The van der Waals surface area contributed by atoms with E-state index >= 15 is 0 Å². The van der Waals surface area contributed by atoms with Crippen LogP contribution in [0.25, 0.3) is 32.2 Å². The minimum absolute atomic E-state index is 0.0479. The van der Waals surface area contributed by atoms with Crippen LogP contribution >= 0.6 is 11.3 Å². The molecule has 2 heterocycles. The Morgan fingerprint density at radius 2 is 1.81 bits per heavy atom. The number of benzene rings is 3. The second-order valence-corrected chi connectivity index (χ2v) is 10.2. The van der Waals surface area contributed by atoms with Crippen LogP contribution in [0.3, 0.4) is 0 Å². The molecule has 36 heavy (non-hydrogen) atoms. The van der Waals surface area contributed by atoms with Crippen LogP contribution in [0.1, 0.15) is 41.7 Å². The number of hydrogen-bond acceptors (Lipinski definition) is 4. The minimum atomic E-state index is -0.308. The highest BCUT2D eigenvalue weighted by Crippen LogP contribution is 2.34. The van der Waals surface area contributed by atoms with Gasteiger partial charge in [0.05, 0.1) is 21.8 Å². The molecule has 3 aromatic carbocycles. The molecular weight excluding hydrogens is 475 g/mol. The first-order chi connectivity index (χ1) is 17.4. The third kappa shape index (κ3) is 4.35. The van der Waals surface area contributed by atoms with Gasteiger partial charge < -0.3 is 15.6 Å². The summed E-state index contributed by atoms with van der Waals surface area (Å²) in [5, 5.41) is 7.36. The number of H-pyrrole nitrogens is 1. The smallest absolute Gasteiger partial charge is 0.253 e. The summed E-state index contributed by atoms with van der Waals surface area (Å²) in [7, 11) is 0. The molecule has 6 nitrogen and oxygen atoms in total. The van der Waals surface area contributed by atoms with Gasteiger partial charge in [-0.25, -0.2) is 9.37 Å². The van der Waals surface area contributed by atoms with E-state index in [2.05, 4.69) is 26.7 Å². The Hall–Kier alpha value is -4.04. The van der Waals surface area contributed by atoms with E-state index in [1.54, 1.807) is 18.3 Å². The number of hydrogen-bond donors (Lipinski definition) is 3. The summed E-state index contributed by atoms with van der Waals surface area (Å²) in [4.78, 5) is 32.9. The quantitative estimate of drug-likeness (QED) is 0.252. The molecule has 1 aliphatic rings. The lowest BCUT2D eigenvalue weighted by Gasteiger charge is -2.14. The highest BCUT2D eigenvalue weighted by Gasteiger charge is 2.30. The van der Waals surface area contributed by atoms with E-state index in [9.17, 15) is 14.0 Å². The number of aromatic nitrogens is 2. The molecule has 0 aliphatic heterocycles. The van der Waals surface area contributed by atoms with E-state index in [0.29, 0.717) is 10.7 Å². The van der Waals surface area contributed by atoms with Gasteiger partial charge in [-0.15, -0.1) is 0 Å². The Morgan fingerprint density at radius 3 is 2.58 bits per heavy atom. The molecule has 1 fully saturated rings. The van der Waals surface area contributed by atoms with Gasteiger partial charge in [0.2, 0.25) is 5.91 Å². The standard InChI is InChI=1S/C28H23FN4O2S/c1-15(16-4-8-20(29)9-5-16)31-27(35)22-14-30-23-10-6-18(12-21(22)23)19-7-11-24-25(13-19)36-28(32-24)33-26(34)17-2-3-17/h4-15,17,30H,2-3H2,1H3,(H,31,35)(H,32,33,34)/t15-/m0/s1. The number of nitrogens with one attached hydrogen (secondary N) is 3. The maximum Gasteiger partial charge on any atom is 0.253 e. The topological polar surface area (TPSA) is 86.9 Å². The molecule has 0 unspecified atom stereocenters. The molecule has 1 atom stereocenters. The van der Waals surface area contributed by atoms with Crippen LogP contribution in [-0.2, 0) is 4.79 Å². The number of rotatable bonds is 6. The lowest BCUT2D eigenvalue weighted by atomic mass is 10.0. The van der Waals surface area contributed by atoms with E-state index in [0.717, 1.165) is 50.7 Å². The van der Waals surface area contributed by atoms with E-state index in [-0.39, 0.29) is 29.6 Å². The van der Waals surface area contributed by atoms with E-state index in [4.69, 9.17) is 0 Å². The van der Waals surface area contributed by atoms with Gasteiger partial charge in [-0.3, -0.25) is 9.59 Å². The van der Waals surface area contributed by atoms with Crippen molar-refractivity contribution in [3.05, 3.63) is 83.8 Å². The molecule has 1 aliphatic carbocycles. The van der Waals surface area contributed by atoms with Crippen LogP contribution in [0.15, 0.2) is 66.9 Å². The summed E-state index contributed by atoms with van der Waals surface area (Å²) >= 11 is 1.46. The van der Waals surface area contributed by atoms with Gasteiger partial charge in [-0.1, -0.05) is 35.6 Å². The highest BCUT2D eigenvalue weighted by atomic mass is 32.1. The SMILES string of the molecule is C[C@H](NC(=O)c1c[nH]c2ccc(-c3ccc4nc(NC(=O)C5CC5)sc4c3)cc12)c1ccc(F)cc1. The van der Waals surface area contributed by atoms with Crippen molar-refractivity contribution in [1.29, 1.82) is 0 Å². The molecule has 0 radical (unpaired) electrons. The summed E-state index contributed by atoms with van der Waals surface area (Å²) in [5.41, 5.74) is 5.05. The second-order valence-electron chi connectivity index (χ2n) is 9.17. The van der Waals surface area contributed by atoms with Gasteiger partial charge >= 0.3 is 0 Å². The Balaban J connectivity index is 1.26. The fourth-order valence-electron chi connectivity index (χ4n) is 4.31. The predicted molar refractivity (Wildman–Crippen MR) is 141 cm³/mol. The minimum Gasteiger partial charge on any atom is -0.360 e. The van der Waals surface area contributed by atoms with Crippen LogP contribution in [0.2, 0.25) is 0 Å². The number of aromatic amines is 1. The number of anilines is 1. The summed E-state index contributed by atoms with van der Waals surface area (Å²) < 4.78 is 14.2. The van der Waals surface area contributed by atoms with Crippen LogP contribution in [0.4, 0.5) is 9.52 Å². The number of halogens is 1.